The summed E-state index contributed by atoms with van der Waals surface area (Å²) in [7, 11) is 0. The summed E-state index contributed by atoms with van der Waals surface area (Å²) in [5.41, 5.74) is 1.59. The predicted octanol–water partition coefficient (Wildman–Crippen LogP) is 4.61. The van der Waals surface area contributed by atoms with Crippen LogP contribution < -0.4 is 5.32 Å². The topological polar surface area (TPSA) is 68.3 Å². The molecule has 7 heteroatoms. The largest absolute Gasteiger partial charge is 0.463 e. The van der Waals surface area contributed by atoms with Crippen LogP contribution in [0.4, 0.5) is 0 Å². The smallest absolute Gasteiger partial charge is 0.308 e. The van der Waals surface area contributed by atoms with Crippen LogP contribution in [0.3, 0.4) is 0 Å². The normalized spacial score (nSPS) is 12.0. The molecule has 1 aromatic carbocycles. The van der Waals surface area contributed by atoms with E-state index < -0.39 is 6.04 Å². The minimum atomic E-state index is -0.435. The van der Waals surface area contributed by atoms with Crippen LogP contribution in [0, 0.1) is 0 Å². The van der Waals surface area contributed by atoms with Crippen LogP contribution in [0.5, 0.6) is 0 Å². The average molecular weight is 415 g/mol. The Balaban J connectivity index is 1.66. The zero-order valence-electron chi connectivity index (χ0n) is 15.8. The lowest BCUT2D eigenvalue weighted by molar-refractivity contribution is -0.148. The van der Waals surface area contributed by atoms with Gasteiger partial charge in [0, 0.05) is 5.38 Å². The summed E-state index contributed by atoms with van der Waals surface area (Å²) in [6.07, 6.45) is 0.0703. The summed E-state index contributed by atoms with van der Waals surface area (Å²) in [6, 6.07) is 13.0. The van der Waals surface area contributed by atoms with Crippen molar-refractivity contribution in [2.75, 3.05) is 0 Å². The van der Waals surface area contributed by atoms with Crippen molar-refractivity contribution in [1.29, 1.82) is 0 Å². The molecule has 0 saturated heterocycles. The van der Waals surface area contributed by atoms with Gasteiger partial charge in [0.15, 0.2) is 0 Å². The molecule has 5 nitrogen and oxygen atoms in total. The van der Waals surface area contributed by atoms with Gasteiger partial charge in [0.25, 0.3) is 0 Å². The first-order valence-electron chi connectivity index (χ1n) is 9.03. The van der Waals surface area contributed by atoms with Crippen molar-refractivity contribution in [2.24, 2.45) is 0 Å². The number of thiazole rings is 1. The van der Waals surface area contributed by atoms with Crippen LogP contribution in [-0.4, -0.2) is 23.0 Å². The van der Waals surface area contributed by atoms with Crippen molar-refractivity contribution in [3.05, 3.63) is 64.5 Å². The first kappa shape index (κ1) is 20.2. The molecule has 0 spiro atoms. The molecule has 3 aromatic rings. The number of esters is 1. The lowest BCUT2D eigenvalue weighted by atomic mass is 10.0. The Labute approximate surface area is 172 Å². The SMILES string of the molecule is CC(C)OC(=O)CC(NC(=O)Cc1csc(-c2cccs2)n1)c1ccccc1. The molecule has 0 aliphatic carbocycles. The third-order valence-electron chi connectivity index (χ3n) is 3.90. The van der Waals surface area contributed by atoms with Gasteiger partial charge >= 0.3 is 5.97 Å². The zero-order chi connectivity index (χ0) is 19.9. The maximum atomic E-state index is 12.6. The molecule has 28 heavy (non-hydrogen) atoms. The van der Waals surface area contributed by atoms with E-state index in [-0.39, 0.29) is 30.8 Å². The van der Waals surface area contributed by atoms with Gasteiger partial charge in [0.2, 0.25) is 5.91 Å². The van der Waals surface area contributed by atoms with E-state index in [2.05, 4.69) is 10.3 Å². The second kappa shape index (κ2) is 9.61. The molecule has 1 unspecified atom stereocenters. The Morgan fingerprint density at radius 3 is 2.57 bits per heavy atom. The Hall–Kier alpha value is -2.51. The summed E-state index contributed by atoms with van der Waals surface area (Å²) in [6.45, 7) is 3.61. The lowest BCUT2D eigenvalue weighted by Crippen LogP contribution is -2.32. The molecule has 1 atom stereocenters. The highest BCUT2D eigenvalue weighted by atomic mass is 32.1. The highest BCUT2D eigenvalue weighted by Gasteiger charge is 2.20. The Kier molecular flexibility index (Phi) is 6.95. The van der Waals surface area contributed by atoms with E-state index in [1.54, 1.807) is 25.2 Å². The Bertz CT molecular complexity index is 905. The zero-order valence-corrected chi connectivity index (χ0v) is 17.4. The third kappa shape index (κ3) is 5.74. The van der Waals surface area contributed by atoms with Crippen molar-refractivity contribution in [3.8, 4) is 9.88 Å². The first-order chi connectivity index (χ1) is 13.5. The lowest BCUT2D eigenvalue weighted by Gasteiger charge is -2.19. The quantitative estimate of drug-likeness (QED) is 0.547. The van der Waals surface area contributed by atoms with Crippen molar-refractivity contribution >= 4 is 34.6 Å². The third-order valence-corrected chi connectivity index (χ3v) is 5.83. The number of nitrogens with zero attached hydrogens (tertiary/aromatic N) is 1. The van der Waals surface area contributed by atoms with Crippen molar-refractivity contribution in [3.63, 3.8) is 0 Å². The number of nitrogens with one attached hydrogen (secondary N) is 1. The van der Waals surface area contributed by atoms with Gasteiger partial charge in [-0.1, -0.05) is 36.4 Å². The average Bonchev–Trinajstić information content (AvgIpc) is 3.32. The molecule has 1 N–H and O–H groups in total. The number of amides is 1. The second-order valence-corrected chi connectivity index (χ2v) is 8.38. The van der Waals surface area contributed by atoms with Gasteiger partial charge in [-0.15, -0.1) is 22.7 Å². The van der Waals surface area contributed by atoms with Crippen LogP contribution in [0.1, 0.15) is 37.6 Å². The number of benzene rings is 1. The number of thiophene rings is 1. The number of aromatic nitrogens is 1. The van der Waals surface area contributed by atoms with Crippen molar-refractivity contribution < 1.29 is 14.3 Å². The van der Waals surface area contributed by atoms with Gasteiger partial charge in [0.05, 0.1) is 35.6 Å². The van der Waals surface area contributed by atoms with Crippen LogP contribution in [0.15, 0.2) is 53.2 Å². The molecule has 3 rings (SSSR count). The van der Waals surface area contributed by atoms with Gasteiger partial charge in [-0.3, -0.25) is 9.59 Å². The van der Waals surface area contributed by atoms with Crippen molar-refractivity contribution in [2.45, 2.75) is 38.8 Å². The summed E-state index contributed by atoms with van der Waals surface area (Å²) in [5.74, 6) is -0.507. The highest BCUT2D eigenvalue weighted by molar-refractivity contribution is 7.20. The van der Waals surface area contributed by atoms with Crippen LogP contribution in [0.25, 0.3) is 9.88 Å². The molecular formula is C21H22N2O3S2. The fourth-order valence-corrected chi connectivity index (χ4v) is 4.36. The van der Waals surface area contributed by atoms with Crippen LogP contribution in [-0.2, 0) is 20.7 Å². The number of rotatable bonds is 8. The molecule has 0 aliphatic heterocycles. The fourth-order valence-electron chi connectivity index (χ4n) is 2.73. The van der Waals surface area contributed by atoms with E-state index in [1.165, 1.54) is 11.3 Å². The summed E-state index contributed by atoms with van der Waals surface area (Å²) >= 11 is 3.15. The number of carbonyl (C=O) groups excluding carboxylic acids is 2. The molecule has 0 radical (unpaired) electrons. The Morgan fingerprint density at radius 1 is 1.11 bits per heavy atom. The molecule has 0 bridgehead atoms. The van der Waals surface area contributed by atoms with E-state index in [0.717, 1.165) is 21.1 Å². The standard InChI is InChI=1S/C21H22N2O3S2/c1-14(2)26-20(25)12-17(15-7-4-3-5-8-15)23-19(24)11-16-13-28-21(22-16)18-9-6-10-27-18/h3-10,13-14,17H,11-12H2,1-2H3,(H,23,24). The first-order valence-corrected chi connectivity index (χ1v) is 10.8. The number of carbonyl (C=O) groups is 2. The maximum Gasteiger partial charge on any atom is 0.308 e. The summed E-state index contributed by atoms with van der Waals surface area (Å²) in [4.78, 5) is 30.4. The number of hydrogen-bond donors (Lipinski definition) is 1. The number of hydrogen-bond acceptors (Lipinski definition) is 6. The fraction of sp³-hybridized carbons (Fsp3) is 0.286. The van der Waals surface area contributed by atoms with Crippen molar-refractivity contribution in [1.82, 2.24) is 10.3 Å². The van der Waals surface area contributed by atoms with Gasteiger partial charge in [0.1, 0.15) is 5.01 Å². The maximum absolute atomic E-state index is 12.6. The van der Waals surface area contributed by atoms with Gasteiger partial charge in [-0.2, -0.15) is 0 Å². The Morgan fingerprint density at radius 2 is 1.89 bits per heavy atom. The molecule has 0 aliphatic rings. The van der Waals surface area contributed by atoms with Crippen LogP contribution in [0.2, 0.25) is 0 Å². The highest BCUT2D eigenvalue weighted by Crippen LogP contribution is 2.28. The molecule has 0 fully saturated rings. The van der Waals surface area contributed by atoms with Gasteiger partial charge in [-0.05, 0) is 30.9 Å². The molecule has 1 amide bonds. The minimum Gasteiger partial charge on any atom is -0.463 e. The number of ether oxygens (including phenoxy) is 1. The second-order valence-electron chi connectivity index (χ2n) is 6.57. The van der Waals surface area contributed by atoms with E-state index >= 15 is 0 Å². The van der Waals surface area contributed by atoms with Gasteiger partial charge in [-0.25, -0.2) is 4.98 Å². The van der Waals surface area contributed by atoms with Gasteiger partial charge < -0.3 is 10.1 Å². The summed E-state index contributed by atoms with van der Waals surface area (Å²) in [5, 5.41) is 7.78. The van der Waals surface area contributed by atoms with E-state index in [9.17, 15) is 9.59 Å². The van der Waals surface area contributed by atoms with E-state index in [4.69, 9.17) is 4.74 Å². The molecular weight excluding hydrogens is 392 g/mol. The monoisotopic (exact) mass is 414 g/mol. The molecule has 2 heterocycles. The van der Waals surface area contributed by atoms with Crippen LogP contribution >= 0.6 is 22.7 Å². The minimum absolute atomic E-state index is 0.0887. The van der Waals surface area contributed by atoms with E-state index in [1.807, 2.05) is 53.2 Å². The molecule has 146 valence electrons. The predicted molar refractivity (Wildman–Crippen MR) is 112 cm³/mol. The summed E-state index contributed by atoms with van der Waals surface area (Å²) < 4.78 is 5.25. The molecule has 2 aromatic heterocycles. The molecule has 0 saturated carbocycles. The van der Waals surface area contributed by atoms with E-state index in [0.29, 0.717) is 0 Å².